The van der Waals surface area contributed by atoms with Gasteiger partial charge in [-0.15, -0.1) is 0 Å². The van der Waals surface area contributed by atoms with Gasteiger partial charge in [-0.05, 0) is 42.3 Å². The third-order valence-electron chi connectivity index (χ3n) is 5.94. The van der Waals surface area contributed by atoms with Gasteiger partial charge in [-0.1, -0.05) is 6.07 Å². The van der Waals surface area contributed by atoms with Crippen molar-refractivity contribution in [2.45, 2.75) is 18.9 Å². The van der Waals surface area contributed by atoms with Crippen LogP contribution in [0.1, 0.15) is 28.0 Å². The molecule has 178 valence electrons. The molecule has 35 heavy (non-hydrogen) atoms. The predicted molar refractivity (Wildman–Crippen MR) is 126 cm³/mol. The minimum absolute atomic E-state index is 0.0494. The quantitative estimate of drug-likeness (QED) is 0.403. The predicted octanol–water partition coefficient (Wildman–Crippen LogP) is 2.49. The second-order valence-corrected chi connectivity index (χ2v) is 8.40. The molecular formula is C24H21F2N7O2. The van der Waals surface area contributed by atoms with E-state index in [1.54, 1.807) is 11.0 Å². The number of nitrogens with two attached hydrogens (primary N) is 1. The number of rotatable bonds is 5. The minimum atomic E-state index is -0.626. The zero-order valence-electron chi connectivity index (χ0n) is 18.5. The van der Waals surface area contributed by atoms with Crippen molar-refractivity contribution in [3.63, 3.8) is 0 Å². The summed E-state index contributed by atoms with van der Waals surface area (Å²) in [5.74, 6) is -1.17. The molecule has 4 N–H and O–H groups in total. The third-order valence-corrected chi connectivity index (χ3v) is 5.94. The minimum Gasteiger partial charge on any atom is -0.396 e. The third kappa shape index (κ3) is 4.65. The van der Waals surface area contributed by atoms with Crippen LogP contribution in [-0.2, 0) is 6.42 Å². The molecule has 0 unspecified atom stereocenters. The molecule has 0 radical (unpaired) electrons. The number of carbonyl (C=O) groups is 1. The second-order valence-electron chi connectivity index (χ2n) is 8.40. The number of aromatic amines is 1. The van der Waals surface area contributed by atoms with Crippen LogP contribution in [-0.4, -0.2) is 50.1 Å². The van der Waals surface area contributed by atoms with Gasteiger partial charge in [0.15, 0.2) is 0 Å². The van der Waals surface area contributed by atoms with Gasteiger partial charge >= 0.3 is 0 Å². The Morgan fingerprint density at radius 3 is 2.74 bits per heavy atom. The highest BCUT2D eigenvalue weighted by molar-refractivity contribution is 5.95. The first-order valence-corrected chi connectivity index (χ1v) is 11.0. The molecule has 1 atom stereocenters. The Hall–Kier alpha value is -4.41. The molecule has 4 aromatic rings. The number of amides is 1. The average Bonchev–Trinajstić information content (AvgIpc) is 3.32. The van der Waals surface area contributed by atoms with Crippen LogP contribution in [0.5, 0.6) is 0 Å². The van der Waals surface area contributed by atoms with E-state index in [9.17, 15) is 18.4 Å². The van der Waals surface area contributed by atoms with E-state index >= 15 is 0 Å². The van der Waals surface area contributed by atoms with Crippen LogP contribution in [0, 0.1) is 11.6 Å². The van der Waals surface area contributed by atoms with Crippen LogP contribution in [0.2, 0.25) is 0 Å². The molecule has 0 saturated carbocycles. The van der Waals surface area contributed by atoms with Crippen LogP contribution >= 0.6 is 0 Å². The lowest BCUT2D eigenvalue weighted by molar-refractivity contribution is 0.0787. The van der Waals surface area contributed by atoms with E-state index in [2.05, 4.69) is 25.5 Å². The molecule has 0 bridgehead atoms. The molecule has 2 aromatic carbocycles. The summed E-state index contributed by atoms with van der Waals surface area (Å²) in [6.45, 7) is 0.820. The van der Waals surface area contributed by atoms with Crippen LogP contribution in [0.15, 0.2) is 53.6 Å². The number of aromatic nitrogens is 4. The number of nitrogens with zero attached hydrogens (tertiary/aromatic N) is 4. The lowest BCUT2D eigenvalue weighted by Crippen LogP contribution is -2.32. The van der Waals surface area contributed by atoms with Gasteiger partial charge in [0.2, 0.25) is 5.95 Å². The van der Waals surface area contributed by atoms with Crippen LogP contribution in [0.3, 0.4) is 0 Å². The molecule has 1 aliphatic heterocycles. The molecular weight excluding hydrogens is 456 g/mol. The van der Waals surface area contributed by atoms with E-state index < -0.39 is 23.1 Å². The molecule has 5 rings (SSSR count). The van der Waals surface area contributed by atoms with E-state index in [0.717, 1.165) is 6.07 Å². The fourth-order valence-electron chi connectivity index (χ4n) is 4.20. The number of fused-ring (bicyclic) bond motifs is 1. The van der Waals surface area contributed by atoms with E-state index in [0.29, 0.717) is 47.8 Å². The van der Waals surface area contributed by atoms with Crippen molar-refractivity contribution >= 4 is 28.3 Å². The summed E-state index contributed by atoms with van der Waals surface area (Å²) >= 11 is 0. The number of hydrogen-bond acceptors (Lipinski definition) is 7. The molecule has 1 fully saturated rings. The van der Waals surface area contributed by atoms with Crippen LogP contribution in [0.25, 0.3) is 10.8 Å². The van der Waals surface area contributed by atoms with E-state index in [1.165, 1.54) is 36.7 Å². The van der Waals surface area contributed by atoms with Gasteiger partial charge in [0.1, 0.15) is 11.6 Å². The molecule has 1 amide bonds. The largest absolute Gasteiger partial charge is 0.396 e. The van der Waals surface area contributed by atoms with Gasteiger partial charge in [0, 0.05) is 30.9 Å². The summed E-state index contributed by atoms with van der Waals surface area (Å²) in [5, 5.41) is 10.3. The second kappa shape index (κ2) is 9.09. The monoisotopic (exact) mass is 477 g/mol. The Balaban J connectivity index is 1.34. The van der Waals surface area contributed by atoms with Crippen molar-refractivity contribution in [3.05, 3.63) is 87.6 Å². The number of halogens is 2. The summed E-state index contributed by atoms with van der Waals surface area (Å²) in [6.07, 6.45) is 3.86. The van der Waals surface area contributed by atoms with Crippen LogP contribution < -0.4 is 16.6 Å². The summed E-state index contributed by atoms with van der Waals surface area (Å²) < 4.78 is 28.2. The topological polar surface area (TPSA) is 130 Å². The Kier molecular flexibility index (Phi) is 5.81. The van der Waals surface area contributed by atoms with Crippen molar-refractivity contribution in [1.82, 2.24) is 25.1 Å². The molecule has 1 saturated heterocycles. The fourth-order valence-corrected chi connectivity index (χ4v) is 4.20. The number of nitrogen functional groups attached to an aromatic ring is 1. The maximum absolute atomic E-state index is 14.6. The highest BCUT2D eigenvalue weighted by atomic mass is 19.1. The fraction of sp³-hybridized carbons (Fsp3) is 0.208. The van der Waals surface area contributed by atoms with E-state index in [4.69, 9.17) is 5.73 Å². The standard InChI is InChI=1S/C24H21F2N7O2/c25-14-2-3-17-18(9-14)22(34)32-31-21(17)8-13-1-4-20(26)19(7-13)23(35)33-6-5-16(12-33)30-24-28-10-15(27)11-29-24/h1-4,7,9-11,16H,5-6,8,12,27H2,(H,32,34)(H,28,29,30)/t16-/m1/s1. The molecule has 11 heteroatoms. The maximum Gasteiger partial charge on any atom is 0.272 e. The Morgan fingerprint density at radius 1 is 1.14 bits per heavy atom. The molecule has 3 heterocycles. The number of nitrogens with one attached hydrogen (secondary N) is 2. The molecule has 2 aromatic heterocycles. The summed E-state index contributed by atoms with van der Waals surface area (Å²) in [5.41, 5.74) is 6.61. The highest BCUT2D eigenvalue weighted by Crippen LogP contribution is 2.22. The lowest BCUT2D eigenvalue weighted by Gasteiger charge is -2.18. The molecule has 1 aliphatic rings. The first-order valence-electron chi connectivity index (χ1n) is 11.0. The van der Waals surface area contributed by atoms with Crippen molar-refractivity contribution < 1.29 is 13.6 Å². The van der Waals surface area contributed by atoms with Crippen molar-refractivity contribution in [2.75, 3.05) is 24.1 Å². The highest BCUT2D eigenvalue weighted by Gasteiger charge is 2.29. The molecule has 0 spiro atoms. The van der Waals surface area contributed by atoms with E-state index in [1.807, 2.05) is 0 Å². The van der Waals surface area contributed by atoms with Crippen molar-refractivity contribution in [1.29, 1.82) is 0 Å². The van der Waals surface area contributed by atoms with Gasteiger partial charge in [-0.2, -0.15) is 5.10 Å². The van der Waals surface area contributed by atoms with Crippen LogP contribution in [0.4, 0.5) is 20.4 Å². The van der Waals surface area contributed by atoms with Gasteiger partial charge in [-0.25, -0.2) is 23.8 Å². The summed E-state index contributed by atoms with van der Waals surface area (Å²) in [7, 11) is 0. The normalized spacial score (nSPS) is 15.5. The van der Waals surface area contributed by atoms with Gasteiger partial charge < -0.3 is 16.0 Å². The smallest absolute Gasteiger partial charge is 0.272 e. The number of carbonyl (C=O) groups excluding carboxylic acids is 1. The summed E-state index contributed by atoms with van der Waals surface area (Å²) in [4.78, 5) is 34.9. The number of anilines is 2. The zero-order chi connectivity index (χ0) is 24.5. The van der Waals surface area contributed by atoms with Crippen molar-refractivity contribution in [2.24, 2.45) is 0 Å². The summed E-state index contributed by atoms with van der Waals surface area (Å²) in [6, 6.07) is 8.09. The Bertz CT molecular complexity index is 1470. The first-order chi connectivity index (χ1) is 16.9. The Labute approximate surface area is 198 Å². The zero-order valence-corrected chi connectivity index (χ0v) is 18.5. The number of benzene rings is 2. The molecule has 0 aliphatic carbocycles. The van der Waals surface area contributed by atoms with Gasteiger partial charge in [0.25, 0.3) is 11.5 Å². The first kappa shape index (κ1) is 22.4. The number of H-pyrrole nitrogens is 1. The number of likely N-dealkylation sites (tertiary alicyclic amines) is 1. The average molecular weight is 477 g/mol. The van der Waals surface area contributed by atoms with Gasteiger partial charge in [-0.3, -0.25) is 9.59 Å². The van der Waals surface area contributed by atoms with Gasteiger partial charge in [0.05, 0.1) is 34.7 Å². The maximum atomic E-state index is 14.6. The number of hydrogen-bond donors (Lipinski definition) is 3. The lowest BCUT2D eigenvalue weighted by atomic mass is 10.0. The Morgan fingerprint density at radius 2 is 1.94 bits per heavy atom. The van der Waals surface area contributed by atoms with E-state index in [-0.39, 0.29) is 23.4 Å². The van der Waals surface area contributed by atoms with Crippen molar-refractivity contribution in [3.8, 4) is 0 Å². The SMILES string of the molecule is Nc1cnc(N[C@@H]2CCN(C(=O)c3cc(Cc4n[nH]c(=O)c5cc(F)ccc45)ccc3F)C2)nc1. The molecule has 9 nitrogen and oxygen atoms in total.